The van der Waals surface area contributed by atoms with Gasteiger partial charge in [0, 0.05) is 11.0 Å². The summed E-state index contributed by atoms with van der Waals surface area (Å²) in [5.41, 5.74) is 7.16. The van der Waals surface area contributed by atoms with Crippen LogP contribution >= 0.6 is 15.9 Å². The van der Waals surface area contributed by atoms with Crippen molar-refractivity contribution in [2.24, 2.45) is 5.73 Å². The van der Waals surface area contributed by atoms with Crippen LogP contribution in [0.25, 0.3) is 11.0 Å². The fourth-order valence-corrected chi connectivity index (χ4v) is 3.14. The van der Waals surface area contributed by atoms with Crippen LogP contribution < -0.4 is 16.9 Å². The van der Waals surface area contributed by atoms with E-state index in [9.17, 15) is 9.59 Å². The number of halogens is 1. The van der Waals surface area contributed by atoms with Crippen LogP contribution in [0.5, 0.6) is 0 Å². The van der Waals surface area contributed by atoms with Gasteiger partial charge in [-0.25, -0.2) is 0 Å². The zero-order chi connectivity index (χ0) is 12.9. The average Bonchev–Trinajstić information content (AvgIpc) is 2.34. The van der Waals surface area contributed by atoms with Crippen LogP contribution in [-0.4, -0.2) is 16.1 Å². The molecule has 0 bridgehead atoms. The van der Waals surface area contributed by atoms with Crippen molar-refractivity contribution in [1.82, 2.24) is 9.55 Å². The van der Waals surface area contributed by atoms with E-state index >= 15 is 0 Å². The van der Waals surface area contributed by atoms with Crippen LogP contribution in [0.2, 0.25) is 0 Å². The van der Waals surface area contributed by atoms with Crippen LogP contribution in [0.1, 0.15) is 18.0 Å². The first-order valence-corrected chi connectivity index (χ1v) is 6.58. The molecule has 2 heterocycles. The molecular formula is C12H12BrN3O2. The van der Waals surface area contributed by atoms with E-state index < -0.39 is 11.1 Å². The molecule has 6 heteroatoms. The van der Waals surface area contributed by atoms with E-state index in [4.69, 9.17) is 5.73 Å². The van der Waals surface area contributed by atoms with Crippen molar-refractivity contribution in [3.05, 3.63) is 42.9 Å². The SMILES string of the molecule is NCC1CCc2cc(Br)cc3[nH]c(=O)c(=O)n1c23. The third kappa shape index (κ3) is 1.56. The van der Waals surface area contributed by atoms with Gasteiger partial charge in [0.15, 0.2) is 0 Å². The summed E-state index contributed by atoms with van der Waals surface area (Å²) in [6.07, 6.45) is 1.65. The molecule has 94 valence electrons. The van der Waals surface area contributed by atoms with E-state index in [0.29, 0.717) is 12.1 Å². The highest BCUT2D eigenvalue weighted by atomic mass is 79.9. The van der Waals surface area contributed by atoms with Gasteiger partial charge < -0.3 is 10.7 Å². The molecule has 0 aliphatic carbocycles. The molecule has 5 nitrogen and oxygen atoms in total. The van der Waals surface area contributed by atoms with Crippen LogP contribution in [0.4, 0.5) is 0 Å². The number of nitrogens with one attached hydrogen (secondary N) is 1. The smallest absolute Gasteiger partial charge is 0.317 e. The Morgan fingerprint density at radius 2 is 2.22 bits per heavy atom. The second kappa shape index (κ2) is 4.07. The molecule has 1 atom stereocenters. The third-order valence-electron chi connectivity index (χ3n) is 3.44. The van der Waals surface area contributed by atoms with Gasteiger partial charge in [-0.1, -0.05) is 15.9 Å². The van der Waals surface area contributed by atoms with Gasteiger partial charge in [-0.15, -0.1) is 0 Å². The second-order valence-corrected chi connectivity index (χ2v) is 5.43. The number of hydrogen-bond donors (Lipinski definition) is 2. The summed E-state index contributed by atoms with van der Waals surface area (Å²) in [7, 11) is 0. The Morgan fingerprint density at radius 3 is 2.94 bits per heavy atom. The van der Waals surface area contributed by atoms with Gasteiger partial charge >= 0.3 is 11.1 Å². The highest BCUT2D eigenvalue weighted by Gasteiger charge is 2.23. The molecule has 2 aromatic rings. The van der Waals surface area contributed by atoms with Crippen molar-refractivity contribution in [3.8, 4) is 0 Å². The standard InChI is InChI=1S/C12H12BrN3O2/c13-7-3-6-1-2-8(5-14)16-10(6)9(4-7)15-11(17)12(16)18/h3-4,8H,1-2,5,14H2,(H,15,17). The van der Waals surface area contributed by atoms with Crippen LogP contribution in [0, 0.1) is 0 Å². The molecule has 18 heavy (non-hydrogen) atoms. The minimum Gasteiger partial charge on any atom is -0.328 e. The Bertz CT molecular complexity index is 747. The Kier molecular flexibility index (Phi) is 2.64. The van der Waals surface area contributed by atoms with Gasteiger partial charge in [0.05, 0.1) is 17.1 Å². The normalized spacial score (nSPS) is 18.2. The Labute approximate surface area is 111 Å². The number of nitrogens with zero attached hydrogens (tertiary/aromatic N) is 1. The largest absolute Gasteiger partial charge is 0.328 e. The molecular weight excluding hydrogens is 298 g/mol. The molecule has 1 unspecified atom stereocenters. The van der Waals surface area contributed by atoms with E-state index in [-0.39, 0.29) is 6.04 Å². The van der Waals surface area contributed by atoms with E-state index in [2.05, 4.69) is 20.9 Å². The first kappa shape index (κ1) is 11.7. The van der Waals surface area contributed by atoms with Crippen molar-refractivity contribution in [2.75, 3.05) is 6.54 Å². The van der Waals surface area contributed by atoms with E-state index in [1.165, 1.54) is 0 Å². The van der Waals surface area contributed by atoms with Gasteiger partial charge in [-0.3, -0.25) is 14.2 Å². The van der Waals surface area contributed by atoms with Gasteiger partial charge in [-0.05, 0) is 30.5 Å². The monoisotopic (exact) mass is 309 g/mol. The summed E-state index contributed by atoms with van der Waals surface area (Å²) in [5, 5.41) is 0. The van der Waals surface area contributed by atoms with Gasteiger partial charge in [0.25, 0.3) is 0 Å². The molecule has 0 radical (unpaired) electrons. The van der Waals surface area contributed by atoms with Crippen LogP contribution in [0.15, 0.2) is 26.2 Å². The Morgan fingerprint density at radius 1 is 1.44 bits per heavy atom. The van der Waals surface area contributed by atoms with E-state index in [0.717, 1.165) is 28.4 Å². The number of hydrogen-bond acceptors (Lipinski definition) is 3. The fraction of sp³-hybridized carbons (Fsp3) is 0.333. The summed E-state index contributed by atoms with van der Waals surface area (Å²) < 4.78 is 2.46. The van der Waals surface area contributed by atoms with Crippen molar-refractivity contribution in [1.29, 1.82) is 0 Å². The zero-order valence-electron chi connectivity index (χ0n) is 9.57. The van der Waals surface area contributed by atoms with E-state index in [1.54, 1.807) is 4.57 Å². The maximum absolute atomic E-state index is 12.0. The summed E-state index contributed by atoms with van der Waals surface area (Å²) in [4.78, 5) is 26.3. The predicted octanol–water partition coefficient (Wildman–Crippen LogP) is 0.898. The summed E-state index contributed by atoms with van der Waals surface area (Å²) >= 11 is 3.41. The number of aromatic amines is 1. The first-order chi connectivity index (χ1) is 8.61. The van der Waals surface area contributed by atoms with E-state index in [1.807, 2.05) is 12.1 Å². The molecule has 0 amide bonds. The molecule has 1 aromatic heterocycles. The molecule has 1 aromatic carbocycles. The topological polar surface area (TPSA) is 80.9 Å². The fourth-order valence-electron chi connectivity index (χ4n) is 2.64. The quantitative estimate of drug-likeness (QED) is 0.768. The number of nitrogens with two attached hydrogens (primary N) is 1. The number of benzene rings is 1. The summed E-state index contributed by atoms with van der Waals surface area (Å²) in [6.45, 7) is 0.369. The third-order valence-corrected chi connectivity index (χ3v) is 3.90. The first-order valence-electron chi connectivity index (χ1n) is 5.79. The molecule has 0 fully saturated rings. The van der Waals surface area contributed by atoms with Crippen molar-refractivity contribution < 1.29 is 0 Å². The number of rotatable bonds is 1. The van der Waals surface area contributed by atoms with Gasteiger partial charge in [0.2, 0.25) is 0 Å². The van der Waals surface area contributed by atoms with Gasteiger partial charge in [0.1, 0.15) is 0 Å². The lowest BCUT2D eigenvalue weighted by Gasteiger charge is -2.26. The lowest BCUT2D eigenvalue weighted by atomic mass is 9.98. The second-order valence-electron chi connectivity index (χ2n) is 4.52. The maximum atomic E-state index is 12.0. The van der Waals surface area contributed by atoms with Crippen LogP contribution in [-0.2, 0) is 6.42 Å². The number of aromatic nitrogens is 2. The highest BCUT2D eigenvalue weighted by Crippen LogP contribution is 2.29. The van der Waals surface area contributed by atoms with Crippen molar-refractivity contribution in [2.45, 2.75) is 18.9 Å². The summed E-state index contributed by atoms with van der Waals surface area (Å²) in [5.74, 6) is 0. The highest BCUT2D eigenvalue weighted by molar-refractivity contribution is 9.10. The number of aryl methyl sites for hydroxylation is 1. The Hall–Kier alpha value is -1.40. The molecule has 0 saturated carbocycles. The molecule has 3 rings (SSSR count). The lowest BCUT2D eigenvalue weighted by molar-refractivity contribution is 0.457. The molecule has 1 aliphatic heterocycles. The molecule has 0 spiro atoms. The van der Waals surface area contributed by atoms with Crippen molar-refractivity contribution in [3.63, 3.8) is 0 Å². The number of H-pyrrole nitrogens is 1. The summed E-state index contributed by atoms with van der Waals surface area (Å²) in [6, 6.07) is 3.72. The Balaban J connectivity index is 2.54. The zero-order valence-corrected chi connectivity index (χ0v) is 11.2. The predicted molar refractivity (Wildman–Crippen MR) is 72.9 cm³/mol. The minimum atomic E-state index is -0.591. The lowest BCUT2D eigenvalue weighted by Crippen LogP contribution is -2.42. The molecule has 1 aliphatic rings. The van der Waals surface area contributed by atoms with Gasteiger partial charge in [-0.2, -0.15) is 0 Å². The maximum Gasteiger partial charge on any atom is 0.317 e. The molecule has 0 saturated heterocycles. The molecule has 3 N–H and O–H groups in total. The minimum absolute atomic E-state index is 0.0871. The van der Waals surface area contributed by atoms with Crippen LogP contribution in [0.3, 0.4) is 0 Å². The van der Waals surface area contributed by atoms with Crippen molar-refractivity contribution >= 4 is 27.0 Å². The average molecular weight is 310 g/mol.